The van der Waals surface area contributed by atoms with Crippen LogP contribution in [-0.4, -0.2) is 13.7 Å². The van der Waals surface area contributed by atoms with E-state index in [1.54, 1.807) is 7.05 Å². The van der Waals surface area contributed by atoms with Gasteiger partial charge in [0.05, 0.1) is 12.6 Å². The van der Waals surface area contributed by atoms with Crippen LogP contribution in [0.1, 0.15) is 24.4 Å². The molecule has 92 valence electrons. The second kappa shape index (κ2) is 5.27. The number of hydrogen-bond donors (Lipinski definition) is 1. The summed E-state index contributed by atoms with van der Waals surface area (Å²) in [6.07, 6.45) is 3.80. The highest BCUT2D eigenvalue weighted by molar-refractivity contribution is 5.28. The number of rotatable bonds is 3. The summed E-state index contributed by atoms with van der Waals surface area (Å²) in [5.41, 5.74) is 0.278. The lowest BCUT2D eigenvalue weighted by Crippen LogP contribution is -2.23. The van der Waals surface area contributed by atoms with Gasteiger partial charge in [-0.15, -0.1) is 0 Å². The molecule has 0 saturated heterocycles. The number of benzene rings is 1. The smallest absolute Gasteiger partial charge is 0.128 e. The Morgan fingerprint density at radius 3 is 2.82 bits per heavy atom. The van der Waals surface area contributed by atoms with Crippen LogP contribution in [0.2, 0.25) is 0 Å². The summed E-state index contributed by atoms with van der Waals surface area (Å²) in [4.78, 5) is 0. The third-order valence-electron chi connectivity index (χ3n) is 2.80. The van der Waals surface area contributed by atoms with Gasteiger partial charge in [0.2, 0.25) is 0 Å². The molecule has 1 aliphatic rings. The molecule has 17 heavy (non-hydrogen) atoms. The zero-order valence-electron chi connectivity index (χ0n) is 9.67. The fourth-order valence-corrected chi connectivity index (χ4v) is 1.96. The summed E-state index contributed by atoms with van der Waals surface area (Å²) in [5.74, 6) is -0.206. The molecule has 0 saturated carbocycles. The van der Waals surface area contributed by atoms with Gasteiger partial charge in [0.1, 0.15) is 17.4 Å². The average molecular weight is 239 g/mol. The van der Waals surface area contributed by atoms with Crippen LogP contribution in [0, 0.1) is 11.6 Å². The fourth-order valence-electron chi connectivity index (χ4n) is 1.96. The van der Waals surface area contributed by atoms with Crippen molar-refractivity contribution in [1.29, 1.82) is 0 Å². The van der Waals surface area contributed by atoms with Gasteiger partial charge in [-0.25, -0.2) is 8.78 Å². The zero-order chi connectivity index (χ0) is 12.3. The first-order chi connectivity index (χ1) is 8.22. The molecule has 1 aliphatic heterocycles. The van der Waals surface area contributed by atoms with E-state index in [0.29, 0.717) is 12.4 Å². The van der Waals surface area contributed by atoms with E-state index in [2.05, 4.69) is 5.32 Å². The molecule has 0 spiro atoms. The highest BCUT2D eigenvalue weighted by atomic mass is 19.1. The molecule has 4 heteroatoms. The van der Waals surface area contributed by atoms with E-state index in [0.717, 1.165) is 25.0 Å². The summed E-state index contributed by atoms with van der Waals surface area (Å²) in [7, 11) is 1.70. The Morgan fingerprint density at radius 1 is 1.35 bits per heavy atom. The second-order valence-electron chi connectivity index (χ2n) is 3.98. The topological polar surface area (TPSA) is 21.3 Å². The van der Waals surface area contributed by atoms with Crippen LogP contribution >= 0.6 is 0 Å². The first-order valence-electron chi connectivity index (χ1n) is 5.67. The van der Waals surface area contributed by atoms with Crippen molar-refractivity contribution in [3.05, 3.63) is 47.2 Å². The van der Waals surface area contributed by atoms with Crippen molar-refractivity contribution in [1.82, 2.24) is 5.32 Å². The van der Waals surface area contributed by atoms with E-state index in [9.17, 15) is 8.78 Å². The lowest BCUT2D eigenvalue weighted by molar-refractivity contribution is 0.168. The van der Waals surface area contributed by atoms with Crippen LogP contribution in [-0.2, 0) is 4.74 Å². The predicted octanol–water partition coefficient (Wildman–Crippen LogP) is 2.92. The van der Waals surface area contributed by atoms with Crippen LogP contribution in [0.3, 0.4) is 0 Å². The van der Waals surface area contributed by atoms with Crippen molar-refractivity contribution in [3.8, 4) is 0 Å². The molecule has 1 atom stereocenters. The van der Waals surface area contributed by atoms with E-state index in [4.69, 9.17) is 4.74 Å². The van der Waals surface area contributed by atoms with Crippen molar-refractivity contribution in [3.63, 3.8) is 0 Å². The Labute approximate surface area is 99.3 Å². The van der Waals surface area contributed by atoms with Crippen LogP contribution in [0.25, 0.3) is 0 Å². The van der Waals surface area contributed by atoms with E-state index in [1.165, 1.54) is 6.07 Å². The molecule has 0 aliphatic carbocycles. The number of halogens is 2. The van der Waals surface area contributed by atoms with E-state index >= 15 is 0 Å². The Hall–Kier alpha value is -1.42. The van der Waals surface area contributed by atoms with Crippen molar-refractivity contribution in [2.75, 3.05) is 13.7 Å². The van der Waals surface area contributed by atoms with Crippen LogP contribution in [0.15, 0.2) is 30.0 Å². The third-order valence-corrected chi connectivity index (χ3v) is 2.80. The van der Waals surface area contributed by atoms with Crippen LogP contribution < -0.4 is 5.32 Å². The number of likely N-dealkylation sites (N-methyl/N-ethyl adjacent to an activating group) is 1. The third kappa shape index (κ3) is 2.64. The van der Waals surface area contributed by atoms with E-state index in [-0.39, 0.29) is 5.56 Å². The number of ether oxygens (including phenoxy) is 1. The second-order valence-corrected chi connectivity index (χ2v) is 3.98. The van der Waals surface area contributed by atoms with Gasteiger partial charge in [0.25, 0.3) is 0 Å². The van der Waals surface area contributed by atoms with Crippen molar-refractivity contribution >= 4 is 0 Å². The minimum Gasteiger partial charge on any atom is -0.496 e. The standard InChI is InChI=1S/C13H15F2NO/c1-16-13(12-4-2-3-7-17-12)10-8-9(14)5-6-11(10)15/h4-6,8,13,16H,2-3,7H2,1H3. The summed E-state index contributed by atoms with van der Waals surface area (Å²) in [5, 5.41) is 2.96. The monoisotopic (exact) mass is 239 g/mol. The molecule has 0 aromatic heterocycles. The summed E-state index contributed by atoms with van der Waals surface area (Å²) >= 11 is 0. The summed E-state index contributed by atoms with van der Waals surface area (Å²) in [6, 6.07) is 3.03. The Bertz CT molecular complexity index is 431. The lowest BCUT2D eigenvalue weighted by Gasteiger charge is -2.24. The molecule has 0 radical (unpaired) electrons. The highest BCUT2D eigenvalue weighted by Gasteiger charge is 2.21. The van der Waals surface area contributed by atoms with Gasteiger partial charge in [-0.2, -0.15) is 0 Å². The molecule has 0 fully saturated rings. The predicted molar refractivity (Wildman–Crippen MR) is 61.4 cm³/mol. The Morgan fingerprint density at radius 2 is 2.18 bits per heavy atom. The molecule has 1 heterocycles. The maximum absolute atomic E-state index is 13.7. The first-order valence-corrected chi connectivity index (χ1v) is 5.67. The van der Waals surface area contributed by atoms with Crippen LogP contribution in [0.4, 0.5) is 8.78 Å². The normalized spacial score (nSPS) is 17.2. The molecule has 0 amide bonds. The average Bonchev–Trinajstić information content (AvgIpc) is 2.36. The summed E-state index contributed by atoms with van der Waals surface area (Å²) in [6.45, 7) is 0.626. The largest absolute Gasteiger partial charge is 0.496 e. The number of allylic oxidation sites excluding steroid dienone is 1. The van der Waals surface area contributed by atoms with Gasteiger partial charge < -0.3 is 10.1 Å². The highest BCUT2D eigenvalue weighted by Crippen LogP contribution is 2.28. The SMILES string of the molecule is CNC(C1=CCCCO1)c1cc(F)ccc1F. The van der Waals surface area contributed by atoms with Crippen molar-refractivity contribution in [2.45, 2.75) is 18.9 Å². The van der Waals surface area contributed by atoms with Gasteiger partial charge in [-0.1, -0.05) is 0 Å². The maximum atomic E-state index is 13.7. The van der Waals surface area contributed by atoms with Gasteiger partial charge >= 0.3 is 0 Å². The van der Waals surface area contributed by atoms with Crippen molar-refractivity contribution < 1.29 is 13.5 Å². The van der Waals surface area contributed by atoms with Crippen LogP contribution in [0.5, 0.6) is 0 Å². The molecule has 0 bridgehead atoms. The molecule has 2 nitrogen and oxygen atoms in total. The molecular formula is C13H15F2NO. The molecule has 1 unspecified atom stereocenters. The minimum atomic E-state index is -0.446. The first kappa shape index (κ1) is 12.0. The molecule has 1 aromatic carbocycles. The molecule has 2 rings (SSSR count). The molecule has 1 aromatic rings. The lowest BCUT2D eigenvalue weighted by atomic mass is 10.0. The molecule has 1 N–H and O–H groups in total. The van der Waals surface area contributed by atoms with Gasteiger partial charge in [-0.05, 0) is 44.2 Å². The van der Waals surface area contributed by atoms with E-state index < -0.39 is 17.7 Å². The number of hydrogen-bond acceptors (Lipinski definition) is 2. The zero-order valence-corrected chi connectivity index (χ0v) is 9.67. The Balaban J connectivity index is 2.34. The Kier molecular flexibility index (Phi) is 3.74. The van der Waals surface area contributed by atoms with Crippen molar-refractivity contribution in [2.24, 2.45) is 0 Å². The fraction of sp³-hybridized carbons (Fsp3) is 0.385. The minimum absolute atomic E-state index is 0.278. The van der Waals surface area contributed by atoms with E-state index in [1.807, 2.05) is 6.08 Å². The molecular weight excluding hydrogens is 224 g/mol. The van der Waals surface area contributed by atoms with Gasteiger partial charge in [-0.3, -0.25) is 0 Å². The van der Waals surface area contributed by atoms with Gasteiger partial charge in [0, 0.05) is 5.56 Å². The summed E-state index contributed by atoms with van der Waals surface area (Å²) < 4.78 is 32.3. The number of nitrogens with one attached hydrogen (secondary N) is 1. The van der Waals surface area contributed by atoms with Gasteiger partial charge in [0.15, 0.2) is 0 Å². The maximum Gasteiger partial charge on any atom is 0.128 e. The quantitative estimate of drug-likeness (QED) is 0.875.